The minimum absolute atomic E-state index is 0.0282. The van der Waals surface area contributed by atoms with E-state index in [1.807, 2.05) is 19.1 Å². The summed E-state index contributed by atoms with van der Waals surface area (Å²) in [6, 6.07) is 3.72. The average molecular weight is 251 g/mol. The average Bonchev–Trinajstić information content (AvgIpc) is 2.88. The Balaban J connectivity index is 1.80. The molecular weight excluding hydrogens is 230 g/mol. The number of carbonyl (C=O) groups excluding carboxylic acids is 1. The van der Waals surface area contributed by atoms with Gasteiger partial charge in [0.15, 0.2) is 0 Å². The van der Waals surface area contributed by atoms with Gasteiger partial charge in [0.25, 0.3) is 0 Å². The minimum Gasteiger partial charge on any atom is -0.467 e. The van der Waals surface area contributed by atoms with Gasteiger partial charge in [0.1, 0.15) is 5.76 Å². The molecular formula is C13H21N3O2. The van der Waals surface area contributed by atoms with Gasteiger partial charge in [-0.05, 0) is 38.4 Å². The maximum absolute atomic E-state index is 12.0. The van der Waals surface area contributed by atoms with Gasteiger partial charge in [0, 0.05) is 12.6 Å². The topological polar surface area (TPSA) is 71.5 Å². The maximum atomic E-state index is 12.0. The highest BCUT2D eigenvalue weighted by molar-refractivity contribution is 5.81. The summed E-state index contributed by atoms with van der Waals surface area (Å²) >= 11 is 0. The van der Waals surface area contributed by atoms with Gasteiger partial charge in [-0.15, -0.1) is 0 Å². The first-order valence-electron chi connectivity index (χ1n) is 6.46. The first-order valence-corrected chi connectivity index (χ1v) is 6.46. The van der Waals surface area contributed by atoms with Crippen molar-refractivity contribution in [2.24, 2.45) is 5.73 Å². The van der Waals surface area contributed by atoms with Crippen molar-refractivity contribution in [3.05, 3.63) is 24.2 Å². The van der Waals surface area contributed by atoms with Crippen molar-refractivity contribution in [1.82, 2.24) is 10.2 Å². The number of nitrogens with zero attached hydrogens (tertiary/aromatic N) is 1. The zero-order chi connectivity index (χ0) is 13.0. The number of rotatable bonds is 4. The zero-order valence-corrected chi connectivity index (χ0v) is 10.8. The molecule has 1 unspecified atom stereocenters. The van der Waals surface area contributed by atoms with Crippen LogP contribution in [0.25, 0.3) is 0 Å². The van der Waals surface area contributed by atoms with Crippen LogP contribution < -0.4 is 11.1 Å². The van der Waals surface area contributed by atoms with Crippen molar-refractivity contribution in [2.45, 2.75) is 38.4 Å². The van der Waals surface area contributed by atoms with E-state index in [0.29, 0.717) is 6.54 Å². The molecule has 1 fully saturated rings. The number of piperidine rings is 1. The maximum Gasteiger partial charge on any atom is 0.237 e. The van der Waals surface area contributed by atoms with Crippen LogP contribution in [0.2, 0.25) is 0 Å². The standard InChI is InChI=1S/C13H21N3O2/c1-10(16-6-2-4-11(14)9-16)13(17)15-8-12-5-3-7-18-12/h3,5,7,10-11H,2,4,6,8-9,14H2,1H3,(H,15,17)/t10?,11-/m1/s1. The Labute approximate surface area is 107 Å². The number of amides is 1. The molecule has 1 aromatic heterocycles. The van der Waals surface area contributed by atoms with E-state index in [2.05, 4.69) is 10.2 Å². The van der Waals surface area contributed by atoms with Crippen molar-refractivity contribution in [2.75, 3.05) is 13.1 Å². The highest BCUT2D eigenvalue weighted by Gasteiger charge is 2.25. The zero-order valence-electron chi connectivity index (χ0n) is 10.8. The molecule has 1 saturated heterocycles. The number of hydrogen-bond donors (Lipinski definition) is 2. The van der Waals surface area contributed by atoms with E-state index in [0.717, 1.165) is 31.7 Å². The Bertz CT molecular complexity index is 378. The second-order valence-corrected chi connectivity index (χ2v) is 4.87. The summed E-state index contributed by atoms with van der Waals surface area (Å²) in [7, 11) is 0. The van der Waals surface area contributed by atoms with E-state index in [4.69, 9.17) is 10.2 Å². The second kappa shape index (κ2) is 6.02. The van der Waals surface area contributed by atoms with Crippen molar-refractivity contribution in [3.8, 4) is 0 Å². The largest absolute Gasteiger partial charge is 0.467 e. The fraction of sp³-hybridized carbons (Fsp3) is 0.615. The van der Waals surface area contributed by atoms with Crippen molar-refractivity contribution in [3.63, 3.8) is 0 Å². The molecule has 2 rings (SSSR count). The Morgan fingerprint density at radius 1 is 1.72 bits per heavy atom. The summed E-state index contributed by atoms with van der Waals surface area (Å²) in [5, 5.41) is 2.88. The van der Waals surface area contributed by atoms with E-state index in [9.17, 15) is 4.79 Å². The van der Waals surface area contributed by atoms with Crippen molar-refractivity contribution >= 4 is 5.91 Å². The van der Waals surface area contributed by atoms with Gasteiger partial charge in [-0.3, -0.25) is 9.69 Å². The predicted octanol–water partition coefficient (Wildman–Crippen LogP) is 0.707. The Hall–Kier alpha value is -1.33. The molecule has 1 aliphatic heterocycles. The lowest BCUT2D eigenvalue weighted by Gasteiger charge is -2.34. The third-order valence-electron chi connectivity index (χ3n) is 3.43. The lowest BCUT2D eigenvalue weighted by molar-refractivity contribution is -0.126. The highest BCUT2D eigenvalue weighted by Crippen LogP contribution is 2.11. The van der Waals surface area contributed by atoms with Crippen LogP contribution in [0.15, 0.2) is 22.8 Å². The van der Waals surface area contributed by atoms with Gasteiger partial charge in [-0.1, -0.05) is 0 Å². The lowest BCUT2D eigenvalue weighted by Crippen LogP contribution is -2.52. The van der Waals surface area contributed by atoms with Gasteiger partial charge in [0.05, 0.1) is 18.8 Å². The molecule has 3 N–H and O–H groups in total. The quantitative estimate of drug-likeness (QED) is 0.826. The van der Waals surface area contributed by atoms with E-state index >= 15 is 0 Å². The summed E-state index contributed by atoms with van der Waals surface area (Å²) in [5.74, 6) is 0.798. The molecule has 0 spiro atoms. The first kappa shape index (κ1) is 13.1. The third kappa shape index (κ3) is 3.34. The van der Waals surface area contributed by atoms with Gasteiger partial charge in [0.2, 0.25) is 5.91 Å². The van der Waals surface area contributed by atoms with Crippen LogP contribution in [0.5, 0.6) is 0 Å². The number of likely N-dealkylation sites (tertiary alicyclic amines) is 1. The summed E-state index contributed by atoms with van der Waals surface area (Å²) in [6.07, 6.45) is 3.72. The van der Waals surface area contributed by atoms with Gasteiger partial charge < -0.3 is 15.5 Å². The summed E-state index contributed by atoms with van der Waals surface area (Å²) in [5.41, 5.74) is 5.93. The normalized spacial score (nSPS) is 22.7. The SMILES string of the molecule is CC(C(=O)NCc1ccco1)N1CCC[C@@H](N)C1. The van der Waals surface area contributed by atoms with Gasteiger partial charge in [-0.25, -0.2) is 0 Å². The summed E-state index contributed by atoms with van der Waals surface area (Å²) < 4.78 is 5.18. The summed E-state index contributed by atoms with van der Waals surface area (Å²) in [6.45, 7) is 4.12. The Morgan fingerprint density at radius 2 is 2.56 bits per heavy atom. The van der Waals surface area contributed by atoms with E-state index in [1.54, 1.807) is 6.26 Å². The van der Waals surface area contributed by atoms with E-state index in [-0.39, 0.29) is 18.0 Å². The molecule has 0 radical (unpaired) electrons. The second-order valence-electron chi connectivity index (χ2n) is 4.87. The minimum atomic E-state index is -0.133. The Morgan fingerprint density at radius 3 is 3.22 bits per heavy atom. The van der Waals surface area contributed by atoms with E-state index in [1.165, 1.54) is 0 Å². The highest BCUT2D eigenvalue weighted by atomic mass is 16.3. The molecule has 0 saturated carbocycles. The van der Waals surface area contributed by atoms with Crippen LogP contribution >= 0.6 is 0 Å². The number of furan rings is 1. The molecule has 0 aliphatic carbocycles. The molecule has 100 valence electrons. The smallest absolute Gasteiger partial charge is 0.237 e. The lowest BCUT2D eigenvalue weighted by atomic mass is 10.0. The van der Waals surface area contributed by atoms with Crippen LogP contribution in [0.3, 0.4) is 0 Å². The first-order chi connectivity index (χ1) is 8.66. The van der Waals surface area contributed by atoms with Crippen LogP contribution in [-0.4, -0.2) is 36.0 Å². The summed E-state index contributed by atoms with van der Waals surface area (Å²) in [4.78, 5) is 14.2. The van der Waals surface area contributed by atoms with Crippen LogP contribution in [0.1, 0.15) is 25.5 Å². The molecule has 1 amide bonds. The fourth-order valence-corrected chi connectivity index (χ4v) is 2.29. The number of nitrogens with two attached hydrogens (primary N) is 1. The van der Waals surface area contributed by atoms with Crippen molar-refractivity contribution in [1.29, 1.82) is 0 Å². The van der Waals surface area contributed by atoms with Crippen LogP contribution in [-0.2, 0) is 11.3 Å². The van der Waals surface area contributed by atoms with Crippen LogP contribution in [0.4, 0.5) is 0 Å². The number of hydrogen-bond acceptors (Lipinski definition) is 4. The van der Waals surface area contributed by atoms with E-state index < -0.39 is 0 Å². The monoisotopic (exact) mass is 251 g/mol. The molecule has 5 nitrogen and oxygen atoms in total. The third-order valence-corrected chi connectivity index (χ3v) is 3.43. The molecule has 5 heteroatoms. The van der Waals surface area contributed by atoms with Crippen LogP contribution in [0, 0.1) is 0 Å². The van der Waals surface area contributed by atoms with Gasteiger partial charge in [-0.2, -0.15) is 0 Å². The van der Waals surface area contributed by atoms with Crippen molar-refractivity contribution < 1.29 is 9.21 Å². The number of nitrogens with one attached hydrogen (secondary N) is 1. The molecule has 1 aromatic rings. The van der Waals surface area contributed by atoms with Gasteiger partial charge >= 0.3 is 0 Å². The molecule has 2 atom stereocenters. The molecule has 0 bridgehead atoms. The molecule has 18 heavy (non-hydrogen) atoms. The predicted molar refractivity (Wildman–Crippen MR) is 68.8 cm³/mol. The molecule has 1 aliphatic rings. The molecule has 2 heterocycles. The molecule has 0 aromatic carbocycles. The Kier molecular flexibility index (Phi) is 4.38. The fourth-order valence-electron chi connectivity index (χ4n) is 2.29. The number of carbonyl (C=O) groups is 1.